The number of ketones is 1. The van der Waals surface area contributed by atoms with Gasteiger partial charge in [0.25, 0.3) is 0 Å². The molecule has 198 valence electrons. The van der Waals surface area contributed by atoms with E-state index < -0.39 is 35.2 Å². The predicted octanol–water partition coefficient (Wildman–Crippen LogP) is 2.00. The molecule has 0 radical (unpaired) electrons. The molecule has 5 rings (SSSR count). The van der Waals surface area contributed by atoms with Gasteiger partial charge in [-0.1, -0.05) is 37.1 Å². The third kappa shape index (κ3) is 4.58. The number of imide groups is 1. The second-order valence-electron chi connectivity index (χ2n) is 11.0. The first-order valence-corrected chi connectivity index (χ1v) is 13.5. The highest BCUT2D eigenvalue weighted by molar-refractivity contribution is 6.06. The van der Waals surface area contributed by atoms with Crippen LogP contribution < -0.4 is 10.6 Å². The standard InChI is InChI=1S/C28H35N3O6/c32-22-10-9-21(25(34)30-22)23-18-6-2-1-5-17(18)11-16-31(23)26(35)20-8-4-3-7-19(20)24(33)28(27(36)37)12-14-29-15-13-28/h1-2,5-6,19-21,23,29H,3-4,7-16H2,(H,36,37)(H,30,32,34)/t19-,20?,21?,23?/m1/s1. The summed E-state index contributed by atoms with van der Waals surface area (Å²) in [7, 11) is 0. The summed E-state index contributed by atoms with van der Waals surface area (Å²) in [5.41, 5.74) is 0.538. The van der Waals surface area contributed by atoms with E-state index in [2.05, 4.69) is 10.6 Å². The Hall–Kier alpha value is -3.07. The van der Waals surface area contributed by atoms with Crippen molar-refractivity contribution < 1.29 is 29.1 Å². The molecular weight excluding hydrogens is 474 g/mol. The van der Waals surface area contributed by atoms with Gasteiger partial charge in [0.15, 0.2) is 5.78 Å². The van der Waals surface area contributed by atoms with Crippen LogP contribution in [0.5, 0.6) is 0 Å². The van der Waals surface area contributed by atoms with Crippen LogP contribution in [0, 0.1) is 23.2 Å². The smallest absolute Gasteiger partial charge is 0.317 e. The normalized spacial score (nSPS) is 29.7. The largest absolute Gasteiger partial charge is 0.480 e. The summed E-state index contributed by atoms with van der Waals surface area (Å²) in [5.74, 6) is -4.05. The van der Waals surface area contributed by atoms with Gasteiger partial charge in [-0.05, 0) is 62.7 Å². The van der Waals surface area contributed by atoms with E-state index in [0.717, 1.165) is 24.0 Å². The lowest BCUT2D eigenvalue weighted by Gasteiger charge is -2.45. The molecule has 3 heterocycles. The second kappa shape index (κ2) is 10.4. The van der Waals surface area contributed by atoms with Crippen molar-refractivity contribution in [1.82, 2.24) is 15.5 Å². The zero-order valence-corrected chi connectivity index (χ0v) is 21.0. The van der Waals surface area contributed by atoms with Gasteiger partial charge in [0, 0.05) is 24.8 Å². The molecule has 3 aliphatic heterocycles. The molecule has 1 aliphatic carbocycles. The number of carboxylic acids is 1. The minimum atomic E-state index is -1.46. The lowest BCUT2D eigenvalue weighted by Crippen LogP contribution is -2.55. The molecule has 0 aromatic heterocycles. The van der Waals surface area contributed by atoms with Gasteiger partial charge in [-0.15, -0.1) is 0 Å². The molecule has 3 unspecified atom stereocenters. The molecule has 3 fully saturated rings. The van der Waals surface area contributed by atoms with Crippen molar-refractivity contribution in [2.24, 2.45) is 23.2 Å². The zero-order valence-electron chi connectivity index (χ0n) is 21.0. The van der Waals surface area contributed by atoms with Gasteiger partial charge in [-0.3, -0.25) is 29.3 Å². The Kier molecular flexibility index (Phi) is 7.16. The van der Waals surface area contributed by atoms with Gasteiger partial charge in [0.05, 0.1) is 12.0 Å². The lowest BCUT2D eigenvalue weighted by molar-refractivity contribution is -0.163. The Bertz CT molecular complexity index is 1110. The fraction of sp³-hybridized carbons (Fsp3) is 0.607. The number of carbonyl (C=O) groups is 5. The van der Waals surface area contributed by atoms with E-state index in [1.807, 2.05) is 24.3 Å². The lowest BCUT2D eigenvalue weighted by atomic mass is 9.65. The quantitative estimate of drug-likeness (QED) is 0.408. The summed E-state index contributed by atoms with van der Waals surface area (Å²) in [6.07, 6.45) is 4.30. The maximum absolute atomic E-state index is 14.3. The number of hydrogen-bond donors (Lipinski definition) is 3. The van der Waals surface area contributed by atoms with Crippen LogP contribution in [0.15, 0.2) is 24.3 Å². The number of fused-ring (bicyclic) bond motifs is 1. The number of amides is 3. The number of nitrogens with one attached hydrogen (secondary N) is 2. The van der Waals surface area contributed by atoms with Crippen molar-refractivity contribution in [2.75, 3.05) is 19.6 Å². The van der Waals surface area contributed by atoms with E-state index in [0.29, 0.717) is 45.3 Å². The maximum atomic E-state index is 14.3. The molecule has 2 saturated heterocycles. The molecule has 9 nitrogen and oxygen atoms in total. The van der Waals surface area contributed by atoms with Gasteiger partial charge >= 0.3 is 5.97 Å². The van der Waals surface area contributed by atoms with Crippen molar-refractivity contribution in [3.63, 3.8) is 0 Å². The molecule has 4 atom stereocenters. The molecule has 0 spiro atoms. The van der Waals surface area contributed by atoms with Crippen LogP contribution in [0.3, 0.4) is 0 Å². The highest BCUT2D eigenvalue weighted by atomic mass is 16.4. The maximum Gasteiger partial charge on any atom is 0.317 e. The highest BCUT2D eigenvalue weighted by Gasteiger charge is 2.53. The molecule has 9 heteroatoms. The van der Waals surface area contributed by atoms with Gasteiger partial charge in [0.1, 0.15) is 5.41 Å². The SMILES string of the molecule is O=C1CCC(C2c3ccccc3CCN2C(=O)C2CCCC[C@H]2C(=O)C2(C(=O)O)CCNCC2)C(=O)N1. The van der Waals surface area contributed by atoms with Gasteiger partial charge in [0.2, 0.25) is 17.7 Å². The van der Waals surface area contributed by atoms with E-state index in [4.69, 9.17) is 0 Å². The van der Waals surface area contributed by atoms with Crippen molar-refractivity contribution in [3.8, 4) is 0 Å². The van der Waals surface area contributed by atoms with E-state index >= 15 is 0 Å². The average molecular weight is 510 g/mol. The molecule has 4 aliphatic rings. The third-order valence-corrected chi connectivity index (χ3v) is 9.04. The van der Waals surface area contributed by atoms with E-state index in [9.17, 15) is 29.1 Å². The summed E-state index contributed by atoms with van der Waals surface area (Å²) in [6, 6.07) is 7.28. The summed E-state index contributed by atoms with van der Waals surface area (Å²) in [6.45, 7) is 1.34. The molecule has 1 aromatic rings. The van der Waals surface area contributed by atoms with Crippen LogP contribution in [-0.4, -0.2) is 59.1 Å². The molecule has 1 saturated carbocycles. The van der Waals surface area contributed by atoms with Gasteiger partial charge in [-0.2, -0.15) is 0 Å². The number of carboxylic acid groups (broad SMARTS) is 1. The van der Waals surface area contributed by atoms with Crippen LogP contribution in [0.4, 0.5) is 0 Å². The molecule has 1 aromatic carbocycles. The number of piperidine rings is 2. The van der Waals surface area contributed by atoms with Crippen LogP contribution in [-0.2, 0) is 30.4 Å². The Labute approximate surface area is 216 Å². The van der Waals surface area contributed by atoms with Gasteiger partial charge in [-0.25, -0.2) is 0 Å². The first kappa shape index (κ1) is 25.6. The van der Waals surface area contributed by atoms with Crippen LogP contribution in [0.1, 0.15) is 68.5 Å². The molecule has 3 N–H and O–H groups in total. The van der Waals surface area contributed by atoms with Crippen LogP contribution in [0.25, 0.3) is 0 Å². The molecule has 0 bridgehead atoms. The monoisotopic (exact) mass is 509 g/mol. The summed E-state index contributed by atoms with van der Waals surface area (Å²) in [5, 5.41) is 15.7. The Morgan fingerprint density at radius 2 is 1.65 bits per heavy atom. The first-order chi connectivity index (χ1) is 17.8. The van der Waals surface area contributed by atoms with E-state index in [1.54, 1.807) is 4.90 Å². The van der Waals surface area contributed by atoms with Crippen molar-refractivity contribution in [2.45, 2.75) is 63.8 Å². The average Bonchev–Trinajstić information content (AvgIpc) is 2.92. The Morgan fingerprint density at radius 1 is 0.946 bits per heavy atom. The number of aliphatic carboxylic acids is 1. The predicted molar refractivity (Wildman–Crippen MR) is 133 cm³/mol. The topological polar surface area (TPSA) is 133 Å². The summed E-state index contributed by atoms with van der Waals surface area (Å²) in [4.78, 5) is 67.1. The van der Waals surface area contributed by atoms with Crippen molar-refractivity contribution in [3.05, 3.63) is 35.4 Å². The summed E-state index contributed by atoms with van der Waals surface area (Å²) < 4.78 is 0. The number of nitrogens with zero attached hydrogens (tertiary/aromatic N) is 1. The van der Waals surface area contributed by atoms with Crippen molar-refractivity contribution in [1.29, 1.82) is 0 Å². The summed E-state index contributed by atoms with van der Waals surface area (Å²) >= 11 is 0. The Balaban J connectivity index is 1.47. The van der Waals surface area contributed by atoms with Crippen molar-refractivity contribution >= 4 is 29.5 Å². The van der Waals surface area contributed by atoms with Crippen LogP contribution in [0.2, 0.25) is 0 Å². The minimum absolute atomic E-state index is 0.170. The number of carbonyl (C=O) groups excluding carboxylic acids is 4. The molecular formula is C28H35N3O6. The fourth-order valence-electron chi connectivity index (χ4n) is 7.02. The zero-order chi connectivity index (χ0) is 26.2. The highest BCUT2D eigenvalue weighted by Crippen LogP contribution is 2.44. The number of benzene rings is 1. The fourth-order valence-corrected chi connectivity index (χ4v) is 7.02. The molecule has 37 heavy (non-hydrogen) atoms. The van der Waals surface area contributed by atoms with Crippen LogP contribution >= 0.6 is 0 Å². The van der Waals surface area contributed by atoms with E-state index in [-0.39, 0.29) is 42.8 Å². The number of rotatable bonds is 5. The number of hydrogen-bond acceptors (Lipinski definition) is 6. The van der Waals surface area contributed by atoms with E-state index in [1.165, 1.54) is 0 Å². The first-order valence-electron chi connectivity index (χ1n) is 13.5. The Morgan fingerprint density at radius 3 is 2.35 bits per heavy atom. The second-order valence-corrected chi connectivity index (χ2v) is 11.0. The third-order valence-electron chi connectivity index (χ3n) is 9.04. The van der Waals surface area contributed by atoms with Gasteiger partial charge < -0.3 is 15.3 Å². The number of Topliss-reactive ketones (excluding diaryl/α,β-unsaturated/α-hetero) is 1. The molecule has 3 amide bonds. The minimum Gasteiger partial charge on any atom is -0.480 e.